The van der Waals surface area contributed by atoms with Crippen molar-refractivity contribution in [1.82, 2.24) is 10.2 Å². The molecular weight excluding hydrogens is 444 g/mol. The van der Waals surface area contributed by atoms with Crippen molar-refractivity contribution in [2.24, 2.45) is 5.41 Å². The minimum Gasteiger partial charge on any atom is -0.326 e. The third-order valence-electron chi connectivity index (χ3n) is 5.99. The maximum atomic E-state index is 13.2. The molecular formula is C27H28N4O4. The summed E-state index contributed by atoms with van der Waals surface area (Å²) in [4.78, 5) is 51.8. The highest BCUT2D eigenvalue weighted by Crippen LogP contribution is 2.31. The van der Waals surface area contributed by atoms with Crippen LogP contribution >= 0.6 is 0 Å². The molecule has 1 fully saturated rings. The number of imide groups is 1. The molecule has 180 valence electrons. The summed E-state index contributed by atoms with van der Waals surface area (Å²) >= 11 is 0. The van der Waals surface area contributed by atoms with E-state index in [1.54, 1.807) is 52.0 Å². The summed E-state index contributed by atoms with van der Waals surface area (Å²) in [6.07, 6.45) is 0. The van der Waals surface area contributed by atoms with Crippen LogP contribution in [0.4, 0.5) is 16.2 Å². The molecule has 3 N–H and O–H groups in total. The summed E-state index contributed by atoms with van der Waals surface area (Å²) in [5, 5.41) is 10.2. The van der Waals surface area contributed by atoms with Gasteiger partial charge >= 0.3 is 6.03 Å². The third kappa shape index (κ3) is 4.87. The zero-order chi connectivity index (χ0) is 25.4. The fourth-order valence-electron chi connectivity index (χ4n) is 3.87. The molecule has 3 aromatic rings. The summed E-state index contributed by atoms with van der Waals surface area (Å²) in [6.45, 7) is 6.61. The lowest BCUT2D eigenvalue weighted by Crippen LogP contribution is -2.42. The van der Waals surface area contributed by atoms with Crippen molar-refractivity contribution in [3.63, 3.8) is 0 Å². The first kappa shape index (κ1) is 23.9. The van der Waals surface area contributed by atoms with E-state index >= 15 is 0 Å². The van der Waals surface area contributed by atoms with Gasteiger partial charge in [0.2, 0.25) is 11.8 Å². The van der Waals surface area contributed by atoms with Crippen molar-refractivity contribution in [3.05, 3.63) is 72.3 Å². The predicted molar refractivity (Wildman–Crippen MR) is 135 cm³/mol. The van der Waals surface area contributed by atoms with Crippen LogP contribution in [0.3, 0.4) is 0 Å². The van der Waals surface area contributed by atoms with Gasteiger partial charge in [-0.3, -0.25) is 19.3 Å². The SMILES string of the molecule is CC(C)(C)C(=O)Nc1cccc(NC(=O)CN2C(=O)NC(C)(c3ccc4ccccc4c3)C2=O)c1. The number of nitrogens with one attached hydrogen (secondary N) is 3. The Bertz CT molecular complexity index is 1340. The number of benzene rings is 3. The Labute approximate surface area is 203 Å². The Kier molecular flexibility index (Phi) is 6.06. The van der Waals surface area contributed by atoms with Gasteiger partial charge in [-0.25, -0.2) is 4.79 Å². The first-order valence-corrected chi connectivity index (χ1v) is 11.3. The van der Waals surface area contributed by atoms with E-state index in [1.807, 2.05) is 42.5 Å². The van der Waals surface area contributed by atoms with Gasteiger partial charge in [0.15, 0.2) is 0 Å². The van der Waals surface area contributed by atoms with Gasteiger partial charge in [-0.1, -0.05) is 63.2 Å². The number of anilines is 2. The van der Waals surface area contributed by atoms with E-state index in [0.717, 1.165) is 15.7 Å². The van der Waals surface area contributed by atoms with Gasteiger partial charge in [0.25, 0.3) is 5.91 Å². The molecule has 0 saturated carbocycles. The molecule has 1 saturated heterocycles. The molecule has 0 spiro atoms. The number of nitrogens with zero attached hydrogens (tertiary/aromatic N) is 1. The second-order valence-corrected chi connectivity index (χ2v) is 9.84. The van der Waals surface area contributed by atoms with Crippen LogP contribution in [0, 0.1) is 5.41 Å². The first-order chi connectivity index (χ1) is 16.5. The van der Waals surface area contributed by atoms with Crippen molar-refractivity contribution < 1.29 is 19.2 Å². The molecule has 35 heavy (non-hydrogen) atoms. The largest absolute Gasteiger partial charge is 0.326 e. The van der Waals surface area contributed by atoms with Crippen LogP contribution in [0.5, 0.6) is 0 Å². The molecule has 1 atom stereocenters. The second-order valence-electron chi connectivity index (χ2n) is 9.84. The molecule has 8 heteroatoms. The Hall–Kier alpha value is -4.20. The second kappa shape index (κ2) is 8.87. The van der Waals surface area contributed by atoms with E-state index in [9.17, 15) is 19.2 Å². The van der Waals surface area contributed by atoms with Gasteiger partial charge < -0.3 is 16.0 Å². The maximum absolute atomic E-state index is 13.2. The normalized spacial score (nSPS) is 17.9. The average Bonchev–Trinajstić information content (AvgIpc) is 3.02. The van der Waals surface area contributed by atoms with Gasteiger partial charge in [-0.05, 0) is 47.5 Å². The van der Waals surface area contributed by atoms with Gasteiger partial charge in [0, 0.05) is 16.8 Å². The molecule has 3 aromatic carbocycles. The fraction of sp³-hybridized carbons (Fsp3) is 0.259. The van der Waals surface area contributed by atoms with Crippen molar-refractivity contribution in [2.45, 2.75) is 33.2 Å². The van der Waals surface area contributed by atoms with Gasteiger partial charge in [0.05, 0.1) is 0 Å². The zero-order valence-corrected chi connectivity index (χ0v) is 20.1. The van der Waals surface area contributed by atoms with Crippen LogP contribution in [0.2, 0.25) is 0 Å². The molecule has 1 heterocycles. The maximum Gasteiger partial charge on any atom is 0.325 e. The molecule has 0 aromatic heterocycles. The van der Waals surface area contributed by atoms with Crippen LogP contribution in [-0.2, 0) is 19.9 Å². The average molecular weight is 473 g/mol. The van der Waals surface area contributed by atoms with E-state index in [0.29, 0.717) is 16.9 Å². The number of hydrogen-bond acceptors (Lipinski definition) is 4. The van der Waals surface area contributed by atoms with Crippen LogP contribution in [0.1, 0.15) is 33.3 Å². The van der Waals surface area contributed by atoms with Gasteiger partial charge in [-0.2, -0.15) is 0 Å². The van der Waals surface area contributed by atoms with Crippen molar-refractivity contribution >= 4 is 45.9 Å². The summed E-state index contributed by atoms with van der Waals surface area (Å²) in [5.74, 6) is -1.19. The monoisotopic (exact) mass is 472 g/mol. The first-order valence-electron chi connectivity index (χ1n) is 11.3. The Morgan fingerprint density at radius 3 is 2.23 bits per heavy atom. The number of amides is 5. The number of hydrogen-bond donors (Lipinski definition) is 3. The predicted octanol–water partition coefficient (Wildman–Crippen LogP) is 4.23. The lowest BCUT2D eigenvalue weighted by Gasteiger charge is -2.22. The minimum atomic E-state index is -1.28. The molecule has 8 nitrogen and oxygen atoms in total. The lowest BCUT2D eigenvalue weighted by molar-refractivity contribution is -0.133. The van der Waals surface area contributed by atoms with Crippen LogP contribution < -0.4 is 16.0 Å². The molecule has 0 radical (unpaired) electrons. The lowest BCUT2D eigenvalue weighted by atomic mass is 9.90. The topological polar surface area (TPSA) is 108 Å². The number of fused-ring (bicyclic) bond motifs is 1. The highest BCUT2D eigenvalue weighted by Gasteiger charge is 2.49. The van der Waals surface area contributed by atoms with E-state index in [1.165, 1.54) is 0 Å². The van der Waals surface area contributed by atoms with E-state index in [4.69, 9.17) is 0 Å². The third-order valence-corrected chi connectivity index (χ3v) is 5.99. The van der Waals surface area contributed by atoms with Crippen LogP contribution in [0.15, 0.2) is 66.7 Å². The number of rotatable bonds is 5. The Balaban J connectivity index is 1.46. The van der Waals surface area contributed by atoms with Crippen LogP contribution in [-0.4, -0.2) is 35.2 Å². The summed E-state index contributed by atoms with van der Waals surface area (Å²) in [7, 11) is 0. The number of carbonyl (C=O) groups excluding carboxylic acids is 4. The Morgan fingerprint density at radius 1 is 0.886 bits per heavy atom. The molecule has 0 bridgehead atoms. The van der Waals surface area contributed by atoms with Crippen molar-refractivity contribution in [2.75, 3.05) is 17.2 Å². The summed E-state index contributed by atoms with van der Waals surface area (Å²) in [6, 6.07) is 19.4. The zero-order valence-electron chi connectivity index (χ0n) is 20.1. The standard InChI is InChI=1S/C27H28N4O4/c1-26(2,3)23(33)29-21-11-7-10-20(15-21)28-22(32)16-31-24(34)27(4,30-25(31)35)19-13-12-17-8-5-6-9-18(17)14-19/h5-15H,16H2,1-4H3,(H,28,32)(H,29,33)(H,30,35). The van der Waals surface area contributed by atoms with Gasteiger partial charge in [0.1, 0.15) is 12.1 Å². The summed E-state index contributed by atoms with van der Waals surface area (Å²) in [5.41, 5.74) is -0.244. The smallest absolute Gasteiger partial charge is 0.325 e. The molecule has 1 aliphatic heterocycles. The number of carbonyl (C=O) groups is 4. The number of urea groups is 1. The van der Waals surface area contributed by atoms with Crippen molar-refractivity contribution in [3.8, 4) is 0 Å². The fourth-order valence-corrected chi connectivity index (χ4v) is 3.87. The quantitative estimate of drug-likeness (QED) is 0.483. The van der Waals surface area contributed by atoms with E-state index in [-0.39, 0.29) is 5.91 Å². The molecule has 4 rings (SSSR count). The Morgan fingerprint density at radius 2 is 1.54 bits per heavy atom. The minimum absolute atomic E-state index is 0.159. The molecule has 0 aliphatic carbocycles. The van der Waals surface area contributed by atoms with Gasteiger partial charge in [-0.15, -0.1) is 0 Å². The van der Waals surface area contributed by atoms with Crippen LogP contribution in [0.25, 0.3) is 10.8 Å². The van der Waals surface area contributed by atoms with E-state index in [2.05, 4.69) is 16.0 Å². The van der Waals surface area contributed by atoms with Crippen molar-refractivity contribution in [1.29, 1.82) is 0 Å². The molecule has 1 aliphatic rings. The molecule has 5 amide bonds. The highest BCUT2D eigenvalue weighted by atomic mass is 16.2. The molecule has 1 unspecified atom stereocenters. The van der Waals surface area contributed by atoms with E-state index < -0.39 is 35.3 Å². The summed E-state index contributed by atoms with van der Waals surface area (Å²) < 4.78 is 0. The highest BCUT2D eigenvalue weighted by molar-refractivity contribution is 6.10.